The average Bonchev–Trinajstić information content (AvgIpc) is 1.92. The maximum absolute atomic E-state index is 10.9. The van der Waals surface area contributed by atoms with Crippen LogP contribution in [0, 0.1) is 5.92 Å². The highest BCUT2D eigenvalue weighted by Gasteiger charge is 2.36. The normalized spacial score (nSPS) is 36.1. The van der Waals surface area contributed by atoms with Crippen molar-refractivity contribution in [3.63, 3.8) is 0 Å². The molecule has 0 aliphatic heterocycles. The van der Waals surface area contributed by atoms with E-state index in [4.69, 9.17) is 10.7 Å². The lowest BCUT2D eigenvalue weighted by atomic mass is 9.76. The van der Waals surface area contributed by atoms with Gasteiger partial charge in [-0.15, -0.1) is 0 Å². The van der Waals surface area contributed by atoms with E-state index in [1.807, 2.05) is 6.92 Å². The van der Waals surface area contributed by atoms with Gasteiger partial charge >= 0.3 is 0 Å². The molecule has 3 nitrogen and oxygen atoms in total. The van der Waals surface area contributed by atoms with E-state index in [2.05, 4.69) is 11.6 Å². The van der Waals surface area contributed by atoms with Crippen molar-refractivity contribution < 1.29 is 8.42 Å². The second-order valence-electron chi connectivity index (χ2n) is 4.10. The molecule has 13 heavy (non-hydrogen) atoms. The first-order valence-corrected chi connectivity index (χ1v) is 6.88. The molecular weight excluding hydrogens is 210 g/mol. The van der Waals surface area contributed by atoms with E-state index in [0.29, 0.717) is 5.92 Å². The molecule has 0 aromatic rings. The monoisotopic (exact) mass is 225 g/mol. The average molecular weight is 226 g/mol. The van der Waals surface area contributed by atoms with Crippen molar-refractivity contribution >= 4 is 19.9 Å². The van der Waals surface area contributed by atoms with Crippen LogP contribution in [0.25, 0.3) is 0 Å². The van der Waals surface area contributed by atoms with E-state index in [1.54, 1.807) is 0 Å². The Balaban J connectivity index is 2.73. The van der Waals surface area contributed by atoms with Crippen molar-refractivity contribution in [3.8, 4) is 0 Å². The Morgan fingerprint density at radius 2 is 2.08 bits per heavy atom. The van der Waals surface area contributed by atoms with Gasteiger partial charge in [0.1, 0.15) is 0 Å². The first-order valence-electron chi connectivity index (χ1n) is 4.57. The molecule has 0 spiro atoms. The van der Waals surface area contributed by atoms with E-state index in [9.17, 15) is 8.42 Å². The number of rotatable bonds is 2. The van der Waals surface area contributed by atoms with Crippen molar-refractivity contribution in [3.05, 3.63) is 0 Å². The second kappa shape index (κ2) is 3.75. The van der Waals surface area contributed by atoms with Crippen LogP contribution in [0.2, 0.25) is 0 Å². The van der Waals surface area contributed by atoms with Gasteiger partial charge in [0.25, 0.3) is 9.24 Å². The lowest BCUT2D eigenvalue weighted by molar-refractivity contribution is 0.205. The highest BCUT2D eigenvalue weighted by molar-refractivity contribution is 8.12. The quantitative estimate of drug-likeness (QED) is 0.731. The second-order valence-corrected chi connectivity index (χ2v) is 6.40. The van der Waals surface area contributed by atoms with E-state index in [-0.39, 0.29) is 5.54 Å². The highest BCUT2D eigenvalue weighted by Crippen LogP contribution is 2.33. The molecular formula is C8H16ClNO2S. The van der Waals surface area contributed by atoms with Crippen molar-refractivity contribution in [1.29, 1.82) is 0 Å². The molecule has 0 heterocycles. The smallest absolute Gasteiger partial charge is 0.196 e. The third-order valence-electron chi connectivity index (χ3n) is 3.03. The predicted octanol–water partition coefficient (Wildman–Crippen LogP) is 2.03. The van der Waals surface area contributed by atoms with Crippen molar-refractivity contribution in [2.45, 2.75) is 45.1 Å². The molecule has 2 atom stereocenters. The number of hydrogen-bond donors (Lipinski definition) is 1. The van der Waals surface area contributed by atoms with Gasteiger partial charge in [0, 0.05) is 16.2 Å². The molecule has 1 aliphatic carbocycles. The number of nitrogens with one attached hydrogen (secondary N) is 1. The molecule has 5 heteroatoms. The highest BCUT2D eigenvalue weighted by atomic mass is 35.7. The molecule has 78 valence electrons. The fourth-order valence-electron chi connectivity index (χ4n) is 1.94. The minimum absolute atomic E-state index is 0.348. The van der Waals surface area contributed by atoms with Crippen LogP contribution in [0.4, 0.5) is 0 Å². The summed E-state index contributed by atoms with van der Waals surface area (Å²) in [7, 11) is 1.59. The zero-order valence-corrected chi connectivity index (χ0v) is 9.58. The lowest BCUT2D eigenvalue weighted by Crippen LogP contribution is -2.50. The van der Waals surface area contributed by atoms with Gasteiger partial charge in [0.2, 0.25) is 0 Å². The summed E-state index contributed by atoms with van der Waals surface area (Å²) in [5.41, 5.74) is -0.348. The molecule has 1 aliphatic rings. The Morgan fingerprint density at radius 1 is 1.46 bits per heavy atom. The predicted molar refractivity (Wildman–Crippen MR) is 53.9 cm³/mol. The van der Waals surface area contributed by atoms with Crippen molar-refractivity contribution in [2.24, 2.45) is 5.92 Å². The SMILES string of the molecule is CC1CCCCC1(C)NS(=O)(=O)Cl. The molecule has 1 N–H and O–H groups in total. The molecule has 2 unspecified atom stereocenters. The van der Waals surface area contributed by atoms with Crippen LogP contribution < -0.4 is 4.72 Å². The van der Waals surface area contributed by atoms with Crippen LogP contribution in [0.5, 0.6) is 0 Å². The maximum atomic E-state index is 10.9. The summed E-state index contributed by atoms with van der Waals surface area (Å²) in [4.78, 5) is 0. The summed E-state index contributed by atoms with van der Waals surface area (Å²) in [5, 5.41) is 0. The summed E-state index contributed by atoms with van der Waals surface area (Å²) in [6, 6.07) is 0. The van der Waals surface area contributed by atoms with Crippen LogP contribution >= 0.6 is 10.7 Å². The molecule has 0 aromatic heterocycles. The molecule has 0 radical (unpaired) electrons. The van der Waals surface area contributed by atoms with Gasteiger partial charge in [0.15, 0.2) is 0 Å². The van der Waals surface area contributed by atoms with Gasteiger partial charge in [-0.3, -0.25) is 0 Å². The summed E-state index contributed by atoms with van der Waals surface area (Å²) in [6.45, 7) is 3.99. The van der Waals surface area contributed by atoms with Gasteiger partial charge in [-0.05, 0) is 25.7 Å². The molecule has 0 saturated heterocycles. The Morgan fingerprint density at radius 3 is 2.54 bits per heavy atom. The molecule has 1 saturated carbocycles. The Hall–Kier alpha value is 0.200. The molecule has 1 rings (SSSR count). The minimum Gasteiger partial charge on any atom is -0.196 e. The zero-order valence-electron chi connectivity index (χ0n) is 8.01. The first-order chi connectivity index (χ1) is 5.83. The van der Waals surface area contributed by atoms with E-state index >= 15 is 0 Å². The van der Waals surface area contributed by atoms with E-state index in [1.165, 1.54) is 6.42 Å². The van der Waals surface area contributed by atoms with Crippen LogP contribution in [0.1, 0.15) is 39.5 Å². The van der Waals surface area contributed by atoms with Crippen molar-refractivity contribution in [1.82, 2.24) is 4.72 Å². The fraction of sp³-hybridized carbons (Fsp3) is 1.00. The first kappa shape index (κ1) is 11.3. The maximum Gasteiger partial charge on any atom is 0.297 e. The largest absolute Gasteiger partial charge is 0.297 e. The van der Waals surface area contributed by atoms with Crippen LogP contribution in [0.3, 0.4) is 0 Å². The standard InChI is InChI=1S/C8H16ClNO2S/c1-7-5-3-4-6-8(7,2)10-13(9,11)12/h7,10H,3-6H2,1-2H3. The Kier molecular flexibility index (Phi) is 3.25. The molecule has 0 amide bonds. The summed E-state index contributed by atoms with van der Waals surface area (Å²) in [5.74, 6) is 0.356. The summed E-state index contributed by atoms with van der Waals surface area (Å²) < 4.78 is 24.3. The van der Waals surface area contributed by atoms with Gasteiger partial charge in [0.05, 0.1) is 0 Å². The summed E-state index contributed by atoms with van der Waals surface area (Å²) >= 11 is 0. The van der Waals surface area contributed by atoms with E-state index in [0.717, 1.165) is 19.3 Å². The summed E-state index contributed by atoms with van der Waals surface area (Å²) in [6.07, 6.45) is 4.19. The van der Waals surface area contributed by atoms with Gasteiger partial charge in [-0.1, -0.05) is 19.8 Å². The van der Waals surface area contributed by atoms with E-state index < -0.39 is 9.24 Å². The molecule has 0 bridgehead atoms. The van der Waals surface area contributed by atoms with Crippen LogP contribution in [0.15, 0.2) is 0 Å². The zero-order chi connectivity index (χ0) is 10.1. The molecule has 1 fully saturated rings. The fourth-order valence-corrected chi connectivity index (χ4v) is 3.33. The van der Waals surface area contributed by atoms with Crippen LogP contribution in [-0.4, -0.2) is 14.0 Å². The Bertz CT molecular complexity index is 278. The topological polar surface area (TPSA) is 46.2 Å². The van der Waals surface area contributed by atoms with Gasteiger partial charge in [-0.2, -0.15) is 13.1 Å². The van der Waals surface area contributed by atoms with Crippen molar-refractivity contribution in [2.75, 3.05) is 0 Å². The third-order valence-corrected chi connectivity index (χ3v) is 3.97. The Labute approximate surface area is 84.4 Å². The third kappa shape index (κ3) is 3.11. The van der Waals surface area contributed by atoms with Gasteiger partial charge in [-0.25, -0.2) is 0 Å². The molecule has 0 aromatic carbocycles. The minimum atomic E-state index is -3.59. The number of hydrogen-bond acceptors (Lipinski definition) is 2. The van der Waals surface area contributed by atoms with Gasteiger partial charge < -0.3 is 0 Å². The number of halogens is 1. The lowest BCUT2D eigenvalue weighted by Gasteiger charge is -2.39. The van der Waals surface area contributed by atoms with Crippen LogP contribution in [-0.2, 0) is 9.24 Å².